The Balaban J connectivity index is 3.00. The Morgan fingerprint density at radius 2 is 1.21 bits per heavy atom. The van der Waals surface area contributed by atoms with Gasteiger partial charge in [-0.05, 0) is 121 Å². The van der Waals surface area contributed by atoms with E-state index in [2.05, 4.69) is 71.7 Å². The average molecular weight is 1600 g/mol. The minimum absolute atomic E-state index is 0.0250. The average Bonchev–Trinajstić information content (AvgIpc) is 0.848. The Kier molecular flexibility index (Phi) is 41.9. The van der Waals surface area contributed by atoms with Gasteiger partial charge < -0.3 is 127 Å². The molecule has 2 fully saturated rings. The maximum absolute atomic E-state index is 15.2. The molecule has 0 aliphatic carbocycles. The van der Waals surface area contributed by atoms with Crippen molar-refractivity contribution < 1.29 is 107 Å². The Labute approximate surface area is 652 Å². The summed E-state index contributed by atoms with van der Waals surface area (Å²) in [6, 6.07) is -19.9. The molecule has 0 saturated carbocycles. The molecule has 0 spiro atoms. The molecule has 0 aromatic carbocycles. The summed E-state index contributed by atoms with van der Waals surface area (Å²) < 4.78 is 11.3. The molecule has 41 heteroatoms. The Hall–Kier alpha value is -9.61. The first-order valence-corrected chi connectivity index (χ1v) is 37.8. The van der Waals surface area contributed by atoms with Gasteiger partial charge in [-0.15, -0.1) is 0 Å². The number of nitrogens with two attached hydrogens (primary N) is 6. The maximum Gasteiger partial charge on any atom is 0.329 e. The molecule has 2 heterocycles. The maximum atomic E-state index is 15.2. The van der Waals surface area contributed by atoms with Crippen LogP contribution in [-0.4, -0.2) is 273 Å². The lowest BCUT2D eigenvalue weighted by Gasteiger charge is -2.38. The second-order valence-corrected chi connectivity index (χ2v) is 30.2. The minimum Gasteiger partial charge on any atom is -0.481 e. The number of methoxy groups -OCH3 is 1. The number of rotatable bonds is 37. The number of nitrogens with zero attached hydrogens (tertiary/aromatic N) is 4. The first-order valence-electron chi connectivity index (χ1n) is 37.8. The topological polar surface area (TPSA) is 671 Å². The van der Waals surface area contributed by atoms with Crippen molar-refractivity contribution in [1.82, 2.24) is 57.7 Å². The molecule has 2 rings (SSSR count). The summed E-state index contributed by atoms with van der Waals surface area (Å²) in [4.78, 5) is 222. The Morgan fingerprint density at radius 3 is 1.77 bits per heavy atom. The van der Waals surface area contributed by atoms with Gasteiger partial charge in [-0.3, -0.25) is 77.1 Å². The summed E-state index contributed by atoms with van der Waals surface area (Å²) in [5, 5.41) is 77.6. The zero-order valence-electron chi connectivity index (χ0n) is 66.7. The third-order valence-corrected chi connectivity index (χ3v) is 19.9. The van der Waals surface area contributed by atoms with Crippen molar-refractivity contribution in [3.8, 4) is 0 Å². The lowest BCUT2D eigenvalue weighted by atomic mass is 9.83. The van der Waals surface area contributed by atoms with Crippen LogP contribution in [0.2, 0.25) is 0 Å². The minimum atomic E-state index is -2.60. The largest absolute Gasteiger partial charge is 0.481 e. The molecule has 26 N–H and O–H groups in total. The van der Waals surface area contributed by atoms with E-state index in [0.717, 1.165) is 37.3 Å². The predicted octanol–water partition coefficient (Wildman–Crippen LogP) is -6.37. The molecule has 0 aromatic heterocycles. The van der Waals surface area contributed by atoms with Crippen LogP contribution in [0.4, 0.5) is 0 Å². The van der Waals surface area contributed by atoms with Gasteiger partial charge in [0.15, 0.2) is 18.0 Å². The highest BCUT2D eigenvalue weighted by Gasteiger charge is 2.46. The highest BCUT2D eigenvalue weighted by atomic mass is 16.5. The number of ether oxygens (including phenoxy) is 2. The number of aliphatic hydroxyl groups is 4. The number of hydrogen-bond acceptors (Lipinski definition) is 23. The molecule has 636 valence electrons. The number of carboxylic acid groups (broad SMARTS) is 1. The number of aliphatic carboxylic acids is 1. The number of esters is 1. The lowest BCUT2D eigenvalue weighted by Crippen LogP contribution is -2.64. The van der Waals surface area contributed by atoms with Crippen LogP contribution in [0.1, 0.15) is 167 Å². The number of amides is 13. The molecule has 21 atom stereocenters. The second kappa shape index (κ2) is 47.7. The molecule has 0 radical (unpaired) electrons. The number of primary amides is 2. The van der Waals surface area contributed by atoms with Crippen LogP contribution in [0.15, 0.2) is 9.98 Å². The zero-order valence-corrected chi connectivity index (χ0v) is 66.7. The summed E-state index contributed by atoms with van der Waals surface area (Å²) in [6.07, 6.45) is -10.7. The third kappa shape index (κ3) is 31.9. The SMILES string of the molecule is COC(C)C1NC(=O)C(CCC(N)=O)N(C)C(=O)C(CC(C)C)NC(=O)C(CCCN=C(N)N)NC(=O)C(CO)NC(=O)C(NC(=O)C(NC(=O)C(O)C(O)C(CCCN=C(N)N)NC(=O)C(C)NC(=O)C(C)C(O)C(C)CC(C)CC(C)C)C(C)C(C)C(N)=O)C(C)OC(=O)C2CCCCN2C(=O)C(CC(=O)O)NC1=O. The fourth-order valence-electron chi connectivity index (χ4n) is 13.2. The fraction of sp³-hybridized carbons (Fsp3) is 0.761. The molecular weight excluding hydrogens is 1470 g/mol. The number of aliphatic imine (C=N–C) groups is 2. The van der Waals surface area contributed by atoms with E-state index in [1.54, 1.807) is 20.8 Å². The summed E-state index contributed by atoms with van der Waals surface area (Å²) in [6.45, 7) is 17.1. The van der Waals surface area contributed by atoms with Crippen LogP contribution >= 0.6 is 0 Å². The second-order valence-electron chi connectivity index (χ2n) is 30.2. The number of aliphatic hydroxyl groups excluding tert-OH is 4. The van der Waals surface area contributed by atoms with E-state index in [4.69, 9.17) is 43.9 Å². The van der Waals surface area contributed by atoms with E-state index in [0.29, 0.717) is 12.3 Å². The summed E-state index contributed by atoms with van der Waals surface area (Å²) in [5.74, 6) is -22.6. The lowest BCUT2D eigenvalue weighted by molar-refractivity contribution is -0.164. The van der Waals surface area contributed by atoms with Gasteiger partial charge in [0, 0.05) is 46.1 Å². The molecule has 2 saturated heterocycles. The van der Waals surface area contributed by atoms with Crippen molar-refractivity contribution in [2.75, 3.05) is 40.4 Å². The van der Waals surface area contributed by atoms with Crippen LogP contribution < -0.4 is 82.3 Å². The number of carboxylic acids is 1. The molecule has 21 unspecified atom stereocenters. The van der Waals surface area contributed by atoms with Crippen LogP contribution in [-0.2, 0) is 81.4 Å². The van der Waals surface area contributed by atoms with Crippen molar-refractivity contribution in [2.24, 2.45) is 85.8 Å². The standard InChI is InChI=1S/C71H125N19O22/c1-32(2)27-34(5)29-35(6)54(95)38(9)58(99)80-39(10)59(100)81-42(19-17-24-78-70(74)75)55(96)56(97)66(107)86-51(36(7)37(8)57(73)98)63(104)88-53-41(12)112-69(110)48-21-15-16-26-90(48)68(109)45(30-50(93)94)84-64(105)52(40(11)111-14)87-62(103)47(22-23-49(72)92)89(13)67(108)44(28-33(3)4)83-60(101)43(20-18-25-79-71(76)77)82-61(102)46(31-91)85-65(53)106/h32-48,51-56,91,95-97H,15-31H2,1-14H3,(H2,72,92)(H2,73,98)(H,80,99)(H,81,100)(H,82,102)(H,83,101)(H,84,105)(H,85,106)(H,86,107)(H,87,103)(H,88,104)(H,93,94)(H4,74,75,78)(H4,76,77,79). The van der Waals surface area contributed by atoms with E-state index < -0.39 is 235 Å². The van der Waals surface area contributed by atoms with Crippen LogP contribution in [0.3, 0.4) is 0 Å². The molecule has 0 aromatic rings. The van der Waals surface area contributed by atoms with Crippen molar-refractivity contribution >= 4 is 101 Å². The van der Waals surface area contributed by atoms with Gasteiger partial charge in [0.05, 0.1) is 37.2 Å². The van der Waals surface area contributed by atoms with Crippen LogP contribution in [0, 0.1) is 41.4 Å². The number of hydrogen-bond donors (Lipinski definition) is 20. The normalized spacial score (nSPS) is 24.1. The quantitative estimate of drug-likeness (QED) is 0.0119. The molecule has 13 amide bonds. The van der Waals surface area contributed by atoms with E-state index >= 15 is 9.59 Å². The van der Waals surface area contributed by atoms with Crippen molar-refractivity contribution in [3.05, 3.63) is 0 Å². The molecule has 2 aliphatic heterocycles. The zero-order chi connectivity index (χ0) is 85.5. The first kappa shape index (κ1) is 98.5. The summed E-state index contributed by atoms with van der Waals surface area (Å²) in [7, 11) is 2.29. The number of cyclic esters (lactones) is 1. The molecular formula is C71H125N19O22. The third-order valence-electron chi connectivity index (χ3n) is 19.9. The van der Waals surface area contributed by atoms with Gasteiger partial charge >= 0.3 is 11.9 Å². The van der Waals surface area contributed by atoms with E-state index in [1.165, 1.54) is 34.6 Å². The Morgan fingerprint density at radius 1 is 0.634 bits per heavy atom. The van der Waals surface area contributed by atoms with Gasteiger partial charge in [-0.25, -0.2) is 4.79 Å². The van der Waals surface area contributed by atoms with Crippen molar-refractivity contribution in [2.45, 2.75) is 264 Å². The molecule has 41 nitrogen and oxygen atoms in total. The number of likely N-dealkylation sites (N-methyl/N-ethyl adjacent to an activating group) is 1. The van der Waals surface area contributed by atoms with Crippen molar-refractivity contribution in [3.63, 3.8) is 0 Å². The van der Waals surface area contributed by atoms with Gasteiger partial charge in [-0.2, -0.15) is 0 Å². The number of guanidine groups is 2. The predicted molar refractivity (Wildman–Crippen MR) is 405 cm³/mol. The van der Waals surface area contributed by atoms with Crippen molar-refractivity contribution in [1.29, 1.82) is 0 Å². The number of nitrogens with one attached hydrogen (secondary N) is 9. The van der Waals surface area contributed by atoms with Crippen LogP contribution in [0.25, 0.3) is 0 Å². The molecule has 112 heavy (non-hydrogen) atoms. The molecule has 0 bridgehead atoms. The monoisotopic (exact) mass is 1600 g/mol. The number of carbonyl (C=O) groups excluding carboxylic acids is 14. The number of fused-ring (bicyclic) bond motifs is 1. The fourth-order valence-corrected chi connectivity index (χ4v) is 13.2. The van der Waals surface area contributed by atoms with E-state index in [1.807, 2.05) is 6.92 Å². The van der Waals surface area contributed by atoms with Gasteiger partial charge in [0.25, 0.3) is 5.91 Å². The summed E-state index contributed by atoms with van der Waals surface area (Å²) >= 11 is 0. The van der Waals surface area contributed by atoms with E-state index in [9.17, 15) is 87.9 Å². The Bertz CT molecular complexity index is 3280. The van der Waals surface area contributed by atoms with Gasteiger partial charge in [0.2, 0.25) is 70.9 Å². The highest BCUT2D eigenvalue weighted by Crippen LogP contribution is 2.27. The highest BCUT2D eigenvalue weighted by molar-refractivity contribution is 6.00. The number of carbonyl (C=O) groups is 15. The first-order chi connectivity index (χ1) is 52.2. The van der Waals surface area contributed by atoms with Gasteiger partial charge in [0.1, 0.15) is 72.6 Å². The van der Waals surface area contributed by atoms with E-state index in [-0.39, 0.29) is 94.8 Å². The van der Waals surface area contributed by atoms with Crippen LogP contribution in [0.5, 0.6) is 0 Å². The number of piperidine rings is 1. The van der Waals surface area contributed by atoms with Gasteiger partial charge in [-0.1, -0.05) is 62.3 Å². The summed E-state index contributed by atoms with van der Waals surface area (Å²) in [5.41, 5.74) is 33.4. The smallest absolute Gasteiger partial charge is 0.329 e. The molecule has 2 aliphatic rings.